The van der Waals surface area contributed by atoms with Gasteiger partial charge in [0, 0.05) is 29.3 Å². The SMILES string of the molecule is CCc1nnc2sc(-c3cccc(NC(=O)/C=C/c4ccc(-c5cccc(Cl)c5Cl)o4)c3)nn12. The van der Waals surface area contributed by atoms with Crippen LogP contribution in [-0.4, -0.2) is 25.7 Å². The van der Waals surface area contributed by atoms with Gasteiger partial charge in [0.25, 0.3) is 0 Å². The summed E-state index contributed by atoms with van der Waals surface area (Å²) in [6.45, 7) is 2.01. The number of aryl methyl sites for hydroxylation is 1. The van der Waals surface area contributed by atoms with E-state index in [9.17, 15) is 4.79 Å². The van der Waals surface area contributed by atoms with Gasteiger partial charge in [-0.1, -0.05) is 59.7 Å². The maximum Gasteiger partial charge on any atom is 0.248 e. The van der Waals surface area contributed by atoms with Gasteiger partial charge in [-0.25, -0.2) is 0 Å². The van der Waals surface area contributed by atoms with Crippen molar-refractivity contribution in [1.29, 1.82) is 0 Å². The molecule has 0 saturated heterocycles. The van der Waals surface area contributed by atoms with E-state index in [2.05, 4.69) is 20.6 Å². The van der Waals surface area contributed by atoms with Crippen LogP contribution in [0.4, 0.5) is 5.69 Å². The first-order chi connectivity index (χ1) is 16.5. The minimum absolute atomic E-state index is 0.290. The normalized spacial score (nSPS) is 11.5. The summed E-state index contributed by atoms with van der Waals surface area (Å²) in [4.78, 5) is 13.2. The zero-order valence-corrected chi connectivity index (χ0v) is 20.2. The number of nitrogens with one attached hydrogen (secondary N) is 1. The minimum Gasteiger partial charge on any atom is -0.457 e. The molecule has 1 N–H and O–H groups in total. The van der Waals surface area contributed by atoms with E-state index in [1.165, 1.54) is 17.4 Å². The van der Waals surface area contributed by atoms with E-state index in [-0.39, 0.29) is 5.91 Å². The topological polar surface area (TPSA) is 85.3 Å². The molecule has 10 heteroatoms. The monoisotopic (exact) mass is 509 g/mol. The molecule has 0 saturated carbocycles. The Morgan fingerprint density at radius 3 is 2.85 bits per heavy atom. The molecule has 3 aromatic heterocycles. The molecule has 1 amide bonds. The Morgan fingerprint density at radius 1 is 1.15 bits per heavy atom. The van der Waals surface area contributed by atoms with Gasteiger partial charge in [0.2, 0.25) is 10.9 Å². The van der Waals surface area contributed by atoms with E-state index >= 15 is 0 Å². The van der Waals surface area contributed by atoms with E-state index in [0.29, 0.717) is 32.8 Å². The predicted octanol–water partition coefficient (Wildman–Crippen LogP) is 6.63. The van der Waals surface area contributed by atoms with Gasteiger partial charge in [-0.3, -0.25) is 4.79 Å². The number of aromatic nitrogens is 4. The third kappa shape index (κ3) is 4.48. The highest BCUT2D eigenvalue weighted by atomic mass is 35.5. The summed E-state index contributed by atoms with van der Waals surface area (Å²) in [5, 5.41) is 17.4. The number of hydrogen-bond acceptors (Lipinski definition) is 6. The lowest BCUT2D eigenvalue weighted by molar-refractivity contribution is -0.111. The zero-order chi connectivity index (χ0) is 23.7. The maximum absolute atomic E-state index is 12.5. The van der Waals surface area contributed by atoms with Crippen LogP contribution < -0.4 is 5.32 Å². The highest BCUT2D eigenvalue weighted by molar-refractivity contribution is 7.19. The molecule has 0 aliphatic rings. The van der Waals surface area contributed by atoms with Crippen LogP contribution in [-0.2, 0) is 11.2 Å². The smallest absolute Gasteiger partial charge is 0.248 e. The predicted molar refractivity (Wildman–Crippen MR) is 135 cm³/mol. The largest absolute Gasteiger partial charge is 0.457 e. The van der Waals surface area contributed by atoms with Crippen molar-refractivity contribution in [2.24, 2.45) is 0 Å². The zero-order valence-electron chi connectivity index (χ0n) is 17.8. The number of amides is 1. The summed E-state index contributed by atoms with van der Waals surface area (Å²) in [7, 11) is 0. The maximum atomic E-state index is 12.5. The van der Waals surface area contributed by atoms with Crippen LogP contribution in [0.1, 0.15) is 18.5 Å². The van der Waals surface area contributed by atoms with Crippen LogP contribution in [0.3, 0.4) is 0 Å². The minimum atomic E-state index is -0.290. The Hall–Kier alpha value is -3.46. The first kappa shape index (κ1) is 22.3. The van der Waals surface area contributed by atoms with Gasteiger partial charge in [-0.05, 0) is 42.5 Å². The molecule has 34 heavy (non-hydrogen) atoms. The highest BCUT2D eigenvalue weighted by Crippen LogP contribution is 2.34. The van der Waals surface area contributed by atoms with Crippen molar-refractivity contribution < 1.29 is 9.21 Å². The molecule has 0 aliphatic heterocycles. The average Bonchev–Trinajstić information content (AvgIpc) is 3.56. The number of furan rings is 1. The fourth-order valence-corrected chi connectivity index (χ4v) is 4.60. The molecule has 0 unspecified atom stereocenters. The summed E-state index contributed by atoms with van der Waals surface area (Å²) in [5.41, 5.74) is 2.22. The molecule has 0 atom stereocenters. The average molecular weight is 510 g/mol. The van der Waals surface area contributed by atoms with Crippen LogP contribution in [0, 0.1) is 0 Å². The first-order valence-electron chi connectivity index (χ1n) is 10.4. The van der Waals surface area contributed by atoms with Crippen LogP contribution in [0.5, 0.6) is 0 Å². The van der Waals surface area contributed by atoms with Gasteiger partial charge in [0.1, 0.15) is 16.5 Å². The molecule has 0 aliphatic carbocycles. The quantitative estimate of drug-likeness (QED) is 0.259. The highest BCUT2D eigenvalue weighted by Gasteiger charge is 2.13. The number of nitrogens with zero attached hydrogens (tertiary/aromatic N) is 4. The van der Waals surface area contributed by atoms with Crippen molar-refractivity contribution in [3.05, 3.63) is 82.3 Å². The van der Waals surface area contributed by atoms with Crippen molar-refractivity contribution >= 4 is 57.2 Å². The number of hydrogen-bond donors (Lipinski definition) is 1. The van der Waals surface area contributed by atoms with Gasteiger partial charge in [0.15, 0.2) is 5.82 Å². The van der Waals surface area contributed by atoms with Crippen LogP contribution in [0.15, 0.2) is 65.1 Å². The van der Waals surface area contributed by atoms with Crippen LogP contribution >= 0.6 is 34.5 Å². The van der Waals surface area contributed by atoms with Crippen molar-refractivity contribution in [1.82, 2.24) is 19.8 Å². The third-order valence-electron chi connectivity index (χ3n) is 4.99. The molecule has 0 spiro atoms. The van der Waals surface area contributed by atoms with Gasteiger partial charge in [0.05, 0.1) is 10.0 Å². The van der Waals surface area contributed by atoms with Crippen molar-refractivity contribution in [2.45, 2.75) is 13.3 Å². The lowest BCUT2D eigenvalue weighted by atomic mass is 10.2. The van der Waals surface area contributed by atoms with Gasteiger partial charge in [-0.15, -0.1) is 10.2 Å². The molecular formula is C24H17Cl2N5O2S. The summed E-state index contributed by atoms with van der Waals surface area (Å²) in [5.74, 6) is 1.60. The number of carbonyl (C=O) groups is 1. The molecule has 5 rings (SSSR count). The van der Waals surface area contributed by atoms with E-state index in [1.807, 2.05) is 37.3 Å². The third-order valence-corrected chi connectivity index (χ3v) is 6.76. The Morgan fingerprint density at radius 2 is 2.00 bits per heavy atom. The Kier molecular flexibility index (Phi) is 6.19. The summed E-state index contributed by atoms with van der Waals surface area (Å²) < 4.78 is 7.55. The molecule has 2 aromatic carbocycles. The number of halogens is 2. The molecular weight excluding hydrogens is 493 g/mol. The fourth-order valence-electron chi connectivity index (χ4n) is 3.35. The van der Waals surface area contributed by atoms with Crippen molar-refractivity contribution in [3.63, 3.8) is 0 Å². The van der Waals surface area contributed by atoms with Crippen LogP contribution in [0.2, 0.25) is 10.0 Å². The van der Waals surface area contributed by atoms with Gasteiger partial charge < -0.3 is 9.73 Å². The second kappa shape index (κ2) is 9.42. The van der Waals surface area contributed by atoms with Gasteiger partial charge >= 0.3 is 0 Å². The van der Waals surface area contributed by atoms with Crippen molar-refractivity contribution in [2.75, 3.05) is 5.32 Å². The molecule has 0 bridgehead atoms. The standard InChI is InChI=1S/C24H17Cl2N5O2S/c1-2-20-28-29-24-31(20)30-23(34-24)14-5-3-6-15(13-14)27-21(32)12-10-16-9-11-19(33-16)17-7-4-8-18(25)22(17)26/h3-13H,2H2,1H3,(H,27,32)/b12-10+. The number of benzene rings is 2. The van der Waals surface area contributed by atoms with Crippen molar-refractivity contribution in [3.8, 4) is 21.9 Å². The molecule has 0 radical (unpaired) electrons. The molecule has 0 fully saturated rings. The molecule has 5 aromatic rings. The summed E-state index contributed by atoms with van der Waals surface area (Å²) >= 11 is 13.8. The van der Waals surface area contributed by atoms with E-state index in [0.717, 1.165) is 27.8 Å². The number of rotatable bonds is 6. The first-order valence-corrected chi connectivity index (χ1v) is 11.9. The van der Waals surface area contributed by atoms with E-state index in [1.54, 1.807) is 34.9 Å². The van der Waals surface area contributed by atoms with E-state index < -0.39 is 0 Å². The summed E-state index contributed by atoms with van der Waals surface area (Å²) in [6.07, 6.45) is 3.75. The Bertz CT molecular complexity index is 1540. The lowest BCUT2D eigenvalue weighted by Gasteiger charge is -2.04. The van der Waals surface area contributed by atoms with Gasteiger partial charge in [-0.2, -0.15) is 9.61 Å². The molecule has 170 valence electrons. The van der Waals surface area contributed by atoms with Crippen LogP contribution in [0.25, 0.3) is 32.9 Å². The lowest BCUT2D eigenvalue weighted by Crippen LogP contribution is -2.07. The second-order valence-corrected chi connectivity index (χ2v) is 9.02. The Labute approximate surface area is 208 Å². The second-order valence-electron chi connectivity index (χ2n) is 7.28. The summed E-state index contributed by atoms with van der Waals surface area (Å²) in [6, 6.07) is 16.4. The molecule has 7 nitrogen and oxygen atoms in total. The Balaban J connectivity index is 1.29. The number of anilines is 1. The molecule has 3 heterocycles. The van der Waals surface area contributed by atoms with E-state index in [4.69, 9.17) is 27.6 Å². The number of fused-ring (bicyclic) bond motifs is 1. The fraction of sp³-hybridized carbons (Fsp3) is 0.0833. The number of carbonyl (C=O) groups excluding carboxylic acids is 1.